The molecule has 3 nitrogen and oxygen atoms in total. The normalized spacial score (nSPS) is 13.9. The molecule has 0 fully saturated rings. The first-order valence-electron chi connectivity index (χ1n) is 26.5. The Morgan fingerprint density at radius 2 is 1.21 bits per heavy atom. The van der Waals surface area contributed by atoms with Gasteiger partial charge in [0.1, 0.15) is 11.5 Å². The van der Waals surface area contributed by atoms with Crippen LogP contribution in [0.2, 0.25) is 0 Å². The maximum atomic E-state index is 6.68. The van der Waals surface area contributed by atoms with Crippen LogP contribution in [0.25, 0.3) is 29.4 Å². The van der Waals surface area contributed by atoms with E-state index in [4.69, 9.17) is 9.47 Å². The van der Waals surface area contributed by atoms with Crippen LogP contribution in [0.3, 0.4) is 0 Å². The van der Waals surface area contributed by atoms with Crippen molar-refractivity contribution >= 4 is 35.3 Å². The first-order chi connectivity index (χ1) is 32.6. The van der Waals surface area contributed by atoms with E-state index >= 15 is 0 Å². The molecule has 0 amide bonds. The lowest BCUT2D eigenvalue weighted by molar-refractivity contribution is 0.275. The lowest BCUT2D eigenvalue weighted by Gasteiger charge is -2.30. The van der Waals surface area contributed by atoms with E-state index in [9.17, 15) is 0 Å². The van der Waals surface area contributed by atoms with Crippen molar-refractivity contribution in [3.05, 3.63) is 143 Å². The predicted molar refractivity (Wildman–Crippen MR) is 297 cm³/mol. The quantitative estimate of drug-likeness (QED) is 0.0408. The second kappa shape index (κ2) is 24.0. The van der Waals surface area contributed by atoms with Crippen LogP contribution in [0.15, 0.2) is 109 Å². The standard InChI is InChI=1S/C65H87NO2/c1-13-15-17-21-42-64(8,9)53-31-35-55(36-32-53)66(56-37-38-58-57-25-18-19-26-59(57)65(10,11)60(58)47-56)54-33-28-50(29-34-54)27-30-51-46-62(68-44-40-49(5)24-22-23-48(3)4)52(45-61(51)67-12)39-43-63(6,7)41-20-16-14-2/h18-19,25-39,43,45-49H,13-17,20-24,40-42,44H2,1-12H3. The maximum absolute atomic E-state index is 6.68. The molecule has 0 aliphatic heterocycles. The third kappa shape index (κ3) is 13.6. The number of hydrogen-bond donors (Lipinski definition) is 0. The third-order valence-corrected chi connectivity index (χ3v) is 14.8. The summed E-state index contributed by atoms with van der Waals surface area (Å²) in [6.45, 7) is 26.5. The van der Waals surface area contributed by atoms with Crippen molar-refractivity contribution in [1.29, 1.82) is 0 Å². The molecule has 1 atom stereocenters. The smallest absolute Gasteiger partial charge is 0.127 e. The van der Waals surface area contributed by atoms with Gasteiger partial charge in [-0.05, 0) is 124 Å². The fourth-order valence-electron chi connectivity index (χ4n) is 10.2. The van der Waals surface area contributed by atoms with Crippen LogP contribution in [-0.2, 0) is 10.8 Å². The monoisotopic (exact) mass is 914 g/mol. The van der Waals surface area contributed by atoms with Crippen LogP contribution in [0.5, 0.6) is 11.5 Å². The van der Waals surface area contributed by atoms with Crippen molar-refractivity contribution in [2.75, 3.05) is 18.6 Å². The van der Waals surface area contributed by atoms with E-state index in [-0.39, 0.29) is 16.2 Å². The van der Waals surface area contributed by atoms with Gasteiger partial charge in [-0.1, -0.05) is 219 Å². The Kier molecular flexibility index (Phi) is 18.5. The fourth-order valence-corrected chi connectivity index (χ4v) is 10.2. The first kappa shape index (κ1) is 52.4. The van der Waals surface area contributed by atoms with Gasteiger partial charge in [-0.25, -0.2) is 0 Å². The lowest BCUT2D eigenvalue weighted by atomic mass is 9.80. The van der Waals surface area contributed by atoms with Crippen molar-refractivity contribution in [2.45, 2.75) is 170 Å². The number of allylic oxidation sites excluding steroid dienone is 1. The molecule has 0 spiro atoms. The molecule has 1 aliphatic rings. The average Bonchev–Trinajstić information content (AvgIpc) is 3.55. The summed E-state index contributed by atoms with van der Waals surface area (Å²) in [6.07, 6.45) is 25.1. The lowest BCUT2D eigenvalue weighted by Crippen LogP contribution is -2.18. The summed E-state index contributed by atoms with van der Waals surface area (Å²) in [4.78, 5) is 2.43. The SMILES string of the molecule is CCCCCCC(C)(C)c1ccc(N(c2ccc(C=Cc3cc(OCCC(C)CCCC(C)C)c(C=CC(C)(C)CCCCC)cc3OC)cc2)c2ccc3c(c2)C(C)(C)c2ccccc2-3)cc1. The largest absolute Gasteiger partial charge is 0.496 e. The fraction of sp³-hybridized carbons (Fsp3) is 0.477. The van der Waals surface area contributed by atoms with Crippen LogP contribution < -0.4 is 14.4 Å². The van der Waals surface area contributed by atoms with Gasteiger partial charge in [-0.2, -0.15) is 0 Å². The van der Waals surface area contributed by atoms with Gasteiger partial charge < -0.3 is 14.4 Å². The summed E-state index contributed by atoms with van der Waals surface area (Å²) in [5.74, 6) is 3.14. The molecule has 0 bridgehead atoms. The zero-order valence-electron chi connectivity index (χ0n) is 44.4. The molecule has 1 unspecified atom stereocenters. The topological polar surface area (TPSA) is 21.7 Å². The minimum absolute atomic E-state index is 0.0925. The number of methoxy groups -OCH3 is 1. The third-order valence-electron chi connectivity index (χ3n) is 14.8. The zero-order chi connectivity index (χ0) is 48.9. The summed E-state index contributed by atoms with van der Waals surface area (Å²) in [5, 5.41) is 0. The van der Waals surface area contributed by atoms with Gasteiger partial charge in [-0.15, -0.1) is 0 Å². The summed E-state index contributed by atoms with van der Waals surface area (Å²) >= 11 is 0. The second-order valence-electron chi connectivity index (χ2n) is 22.4. The van der Waals surface area contributed by atoms with Crippen LogP contribution in [0.1, 0.15) is 193 Å². The highest BCUT2D eigenvalue weighted by atomic mass is 16.5. The van der Waals surface area contributed by atoms with E-state index in [1.165, 1.54) is 111 Å². The number of ether oxygens (including phenoxy) is 2. The number of benzene rings is 5. The van der Waals surface area contributed by atoms with Crippen molar-refractivity contribution < 1.29 is 9.47 Å². The Labute approximate surface area is 414 Å². The highest BCUT2D eigenvalue weighted by Crippen LogP contribution is 2.51. The molecule has 3 heteroatoms. The molecule has 0 heterocycles. The Morgan fingerprint density at radius 3 is 1.90 bits per heavy atom. The molecule has 0 saturated heterocycles. The Morgan fingerprint density at radius 1 is 0.588 bits per heavy atom. The Hall–Kier alpha value is -5.02. The van der Waals surface area contributed by atoms with Crippen LogP contribution in [0.4, 0.5) is 17.1 Å². The van der Waals surface area contributed by atoms with E-state index in [2.05, 4.69) is 208 Å². The summed E-state index contributed by atoms with van der Waals surface area (Å²) in [7, 11) is 1.78. The first-order valence-corrected chi connectivity index (χ1v) is 26.5. The molecule has 0 saturated carbocycles. The van der Waals surface area contributed by atoms with Crippen molar-refractivity contribution in [2.24, 2.45) is 17.3 Å². The van der Waals surface area contributed by atoms with E-state index in [1.54, 1.807) is 7.11 Å². The highest BCUT2D eigenvalue weighted by molar-refractivity contribution is 5.86. The summed E-state index contributed by atoms with van der Waals surface area (Å²) in [6, 6.07) is 38.7. The van der Waals surface area contributed by atoms with Gasteiger partial charge in [0.2, 0.25) is 0 Å². The molecule has 364 valence electrons. The Balaban J connectivity index is 1.30. The van der Waals surface area contributed by atoms with Crippen LogP contribution >= 0.6 is 0 Å². The number of fused-ring (bicyclic) bond motifs is 3. The van der Waals surface area contributed by atoms with E-state index in [1.807, 2.05) is 0 Å². The molecular formula is C65H87NO2. The molecule has 5 aromatic carbocycles. The minimum atomic E-state index is -0.0925. The number of rotatable bonds is 26. The number of unbranched alkanes of at least 4 members (excludes halogenated alkanes) is 5. The molecule has 0 aromatic heterocycles. The van der Waals surface area contributed by atoms with Gasteiger partial charge in [0.15, 0.2) is 0 Å². The van der Waals surface area contributed by atoms with Gasteiger partial charge in [0, 0.05) is 33.6 Å². The molecule has 68 heavy (non-hydrogen) atoms. The van der Waals surface area contributed by atoms with Crippen LogP contribution in [0, 0.1) is 17.3 Å². The van der Waals surface area contributed by atoms with Crippen LogP contribution in [-0.4, -0.2) is 13.7 Å². The van der Waals surface area contributed by atoms with Crippen molar-refractivity contribution in [1.82, 2.24) is 0 Å². The number of anilines is 3. The van der Waals surface area contributed by atoms with Gasteiger partial charge in [0.25, 0.3) is 0 Å². The summed E-state index contributed by atoms with van der Waals surface area (Å²) in [5.41, 5.74) is 13.6. The molecule has 6 rings (SSSR count). The molecule has 0 N–H and O–H groups in total. The zero-order valence-corrected chi connectivity index (χ0v) is 44.4. The van der Waals surface area contributed by atoms with Crippen molar-refractivity contribution in [3.63, 3.8) is 0 Å². The van der Waals surface area contributed by atoms with E-state index in [0.717, 1.165) is 51.9 Å². The van der Waals surface area contributed by atoms with E-state index < -0.39 is 0 Å². The maximum Gasteiger partial charge on any atom is 0.127 e. The highest BCUT2D eigenvalue weighted by Gasteiger charge is 2.36. The molecule has 1 aliphatic carbocycles. The van der Waals surface area contributed by atoms with Gasteiger partial charge in [0.05, 0.1) is 13.7 Å². The number of hydrogen-bond acceptors (Lipinski definition) is 3. The Bertz CT molecular complexity index is 2410. The van der Waals surface area contributed by atoms with Crippen molar-refractivity contribution in [3.8, 4) is 22.6 Å². The second-order valence-corrected chi connectivity index (χ2v) is 22.4. The van der Waals surface area contributed by atoms with Gasteiger partial charge >= 0.3 is 0 Å². The summed E-state index contributed by atoms with van der Waals surface area (Å²) < 4.78 is 12.8. The van der Waals surface area contributed by atoms with Gasteiger partial charge in [-0.3, -0.25) is 0 Å². The average molecular weight is 914 g/mol. The predicted octanol–water partition coefficient (Wildman–Crippen LogP) is 19.7. The minimum Gasteiger partial charge on any atom is -0.496 e. The van der Waals surface area contributed by atoms with E-state index in [0.29, 0.717) is 12.5 Å². The number of nitrogens with zero attached hydrogens (tertiary/aromatic N) is 1. The molecule has 5 aromatic rings. The molecular weight excluding hydrogens is 827 g/mol. The molecule has 0 radical (unpaired) electrons.